The third kappa shape index (κ3) is 1.87. The van der Waals surface area contributed by atoms with Gasteiger partial charge in [-0.3, -0.25) is 9.67 Å². The fourth-order valence-electron chi connectivity index (χ4n) is 1.40. The lowest BCUT2D eigenvalue weighted by atomic mass is 10.2. The van der Waals surface area contributed by atoms with E-state index >= 15 is 0 Å². The number of hydrogen-bond donors (Lipinski definition) is 1. The number of aliphatic hydroxyl groups is 1. The highest BCUT2D eigenvalue weighted by Gasteiger charge is 2.19. The fraction of sp³-hybridized carbons (Fsp3) is 0.300. The summed E-state index contributed by atoms with van der Waals surface area (Å²) in [7, 11) is 3.27. The van der Waals surface area contributed by atoms with Crippen molar-refractivity contribution in [1.82, 2.24) is 19.7 Å². The van der Waals surface area contributed by atoms with E-state index < -0.39 is 6.10 Å². The molecule has 16 heavy (non-hydrogen) atoms. The number of aliphatic hydroxyl groups excluding tert-OH is 1. The Kier molecular flexibility index (Phi) is 2.82. The number of aryl methyl sites for hydroxylation is 1. The smallest absolute Gasteiger partial charge is 0.238 e. The van der Waals surface area contributed by atoms with Crippen LogP contribution in [0, 0.1) is 0 Å². The van der Waals surface area contributed by atoms with Crippen LogP contribution in [-0.4, -0.2) is 32.0 Å². The van der Waals surface area contributed by atoms with Gasteiger partial charge in [-0.1, -0.05) is 0 Å². The highest BCUT2D eigenvalue weighted by atomic mass is 16.5. The maximum absolute atomic E-state index is 10.1. The van der Waals surface area contributed by atoms with Crippen LogP contribution in [0.15, 0.2) is 24.7 Å². The van der Waals surface area contributed by atoms with Gasteiger partial charge in [0.25, 0.3) is 0 Å². The summed E-state index contributed by atoms with van der Waals surface area (Å²) in [5, 5.41) is 14.2. The van der Waals surface area contributed by atoms with Crippen molar-refractivity contribution in [3.8, 4) is 5.88 Å². The van der Waals surface area contributed by atoms with Crippen LogP contribution in [0.25, 0.3) is 0 Å². The molecular weight excluding hydrogens is 208 g/mol. The first-order chi connectivity index (χ1) is 7.72. The molecule has 1 N–H and O–H groups in total. The van der Waals surface area contributed by atoms with E-state index in [1.807, 2.05) is 0 Å². The van der Waals surface area contributed by atoms with Gasteiger partial charge in [0.05, 0.1) is 12.8 Å². The Labute approximate surface area is 92.5 Å². The molecule has 0 radical (unpaired) electrons. The Balaban J connectivity index is 2.36. The van der Waals surface area contributed by atoms with Gasteiger partial charge in [-0.05, 0) is 6.07 Å². The van der Waals surface area contributed by atoms with Crippen molar-refractivity contribution in [1.29, 1.82) is 0 Å². The quantitative estimate of drug-likeness (QED) is 0.805. The molecule has 2 aromatic rings. The summed E-state index contributed by atoms with van der Waals surface area (Å²) in [6.45, 7) is 0. The standard InChI is InChI=1S/C10H12N4O2/c1-14-6-3-7(13-14)9(15)8-10(16-2)12-5-4-11-8/h3-6,9,15H,1-2H3. The highest BCUT2D eigenvalue weighted by molar-refractivity contribution is 5.26. The van der Waals surface area contributed by atoms with E-state index in [1.54, 1.807) is 24.0 Å². The van der Waals surface area contributed by atoms with E-state index in [-0.39, 0.29) is 0 Å². The third-order valence-electron chi connectivity index (χ3n) is 2.16. The van der Waals surface area contributed by atoms with Gasteiger partial charge in [-0.25, -0.2) is 4.98 Å². The lowest BCUT2D eigenvalue weighted by Crippen LogP contribution is -2.07. The number of aromatic nitrogens is 4. The van der Waals surface area contributed by atoms with Crippen molar-refractivity contribution in [3.05, 3.63) is 36.0 Å². The second-order valence-electron chi connectivity index (χ2n) is 3.27. The molecule has 84 valence electrons. The van der Waals surface area contributed by atoms with Crippen molar-refractivity contribution in [2.75, 3.05) is 7.11 Å². The van der Waals surface area contributed by atoms with Crippen LogP contribution < -0.4 is 4.74 Å². The molecule has 2 heterocycles. The van der Waals surface area contributed by atoms with E-state index in [9.17, 15) is 5.11 Å². The summed E-state index contributed by atoms with van der Waals surface area (Å²) in [6, 6.07) is 1.72. The largest absolute Gasteiger partial charge is 0.480 e. The van der Waals surface area contributed by atoms with Crippen LogP contribution in [0.5, 0.6) is 5.88 Å². The Morgan fingerprint density at radius 3 is 2.75 bits per heavy atom. The van der Waals surface area contributed by atoms with Crippen molar-refractivity contribution in [2.45, 2.75) is 6.10 Å². The maximum atomic E-state index is 10.1. The van der Waals surface area contributed by atoms with E-state index in [2.05, 4.69) is 15.1 Å². The number of methoxy groups -OCH3 is 1. The molecule has 6 nitrogen and oxygen atoms in total. The number of ether oxygens (including phenoxy) is 1. The van der Waals surface area contributed by atoms with Gasteiger partial charge in [0.2, 0.25) is 5.88 Å². The topological polar surface area (TPSA) is 73.1 Å². The van der Waals surface area contributed by atoms with Crippen LogP contribution in [0.4, 0.5) is 0 Å². The number of nitrogens with zero attached hydrogens (tertiary/aromatic N) is 4. The van der Waals surface area contributed by atoms with E-state index in [4.69, 9.17) is 4.74 Å². The summed E-state index contributed by atoms with van der Waals surface area (Å²) in [5.74, 6) is 0.306. The Morgan fingerprint density at radius 1 is 1.38 bits per heavy atom. The average Bonchev–Trinajstić information content (AvgIpc) is 2.75. The summed E-state index contributed by atoms with van der Waals surface area (Å²) < 4.78 is 6.64. The van der Waals surface area contributed by atoms with Crippen LogP contribution >= 0.6 is 0 Å². The molecule has 0 fully saturated rings. The zero-order valence-corrected chi connectivity index (χ0v) is 9.03. The minimum absolute atomic E-state index is 0.306. The molecule has 6 heteroatoms. The number of hydrogen-bond acceptors (Lipinski definition) is 5. The van der Waals surface area contributed by atoms with Crippen LogP contribution in [0.3, 0.4) is 0 Å². The third-order valence-corrected chi connectivity index (χ3v) is 2.16. The van der Waals surface area contributed by atoms with Crippen molar-refractivity contribution >= 4 is 0 Å². The SMILES string of the molecule is COc1nccnc1C(O)c1ccn(C)n1. The Morgan fingerprint density at radius 2 is 2.12 bits per heavy atom. The molecule has 0 amide bonds. The van der Waals surface area contributed by atoms with Gasteiger partial charge in [0, 0.05) is 25.6 Å². The molecule has 2 aromatic heterocycles. The second kappa shape index (κ2) is 4.28. The van der Waals surface area contributed by atoms with E-state index in [0.29, 0.717) is 17.3 Å². The zero-order valence-electron chi connectivity index (χ0n) is 9.03. The van der Waals surface area contributed by atoms with Crippen molar-refractivity contribution < 1.29 is 9.84 Å². The molecule has 1 unspecified atom stereocenters. The molecule has 0 aliphatic rings. The van der Waals surface area contributed by atoms with Crippen LogP contribution in [0.2, 0.25) is 0 Å². The first-order valence-electron chi connectivity index (χ1n) is 4.75. The van der Waals surface area contributed by atoms with Crippen LogP contribution in [-0.2, 0) is 7.05 Å². The van der Waals surface area contributed by atoms with Gasteiger partial charge < -0.3 is 9.84 Å². The van der Waals surface area contributed by atoms with Crippen molar-refractivity contribution in [2.24, 2.45) is 7.05 Å². The second-order valence-corrected chi connectivity index (χ2v) is 3.27. The summed E-state index contributed by atoms with van der Waals surface area (Å²) in [6.07, 6.45) is 3.84. The average molecular weight is 220 g/mol. The normalized spacial score (nSPS) is 12.4. The summed E-state index contributed by atoms with van der Waals surface area (Å²) >= 11 is 0. The molecular formula is C10H12N4O2. The lowest BCUT2D eigenvalue weighted by Gasteiger charge is -2.09. The molecule has 0 aliphatic heterocycles. The fourth-order valence-corrected chi connectivity index (χ4v) is 1.40. The molecule has 0 saturated carbocycles. The predicted molar refractivity (Wildman–Crippen MR) is 55.9 cm³/mol. The molecule has 0 spiro atoms. The molecule has 0 aliphatic carbocycles. The van der Waals surface area contributed by atoms with Gasteiger partial charge in [0.1, 0.15) is 11.8 Å². The molecule has 0 saturated heterocycles. The monoisotopic (exact) mass is 220 g/mol. The molecule has 1 atom stereocenters. The van der Waals surface area contributed by atoms with Crippen LogP contribution in [0.1, 0.15) is 17.5 Å². The highest BCUT2D eigenvalue weighted by Crippen LogP contribution is 2.24. The lowest BCUT2D eigenvalue weighted by molar-refractivity contribution is 0.202. The molecule has 0 bridgehead atoms. The van der Waals surface area contributed by atoms with Gasteiger partial charge in [-0.2, -0.15) is 5.10 Å². The van der Waals surface area contributed by atoms with E-state index in [0.717, 1.165) is 0 Å². The predicted octanol–water partition coefficient (Wildman–Crippen LogP) is 0.300. The maximum Gasteiger partial charge on any atom is 0.238 e. The first-order valence-corrected chi connectivity index (χ1v) is 4.75. The minimum atomic E-state index is -0.926. The molecule has 2 rings (SSSR count). The van der Waals surface area contributed by atoms with Gasteiger partial charge in [0.15, 0.2) is 0 Å². The van der Waals surface area contributed by atoms with Gasteiger partial charge in [-0.15, -0.1) is 0 Å². The summed E-state index contributed by atoms with van der Waals surface area (Å²) in [4.78, 5) is 8.02. The van der Waals surface area contributed by atoms with Crippen molar-refractivity contribution in [3.63, 3.8) is 0 Å². The minimum Gasteiger partial charge on any atom is -0.480 e. The van der Waals surface area contributed by atoms with E-state index in [1.165, 1.54) is 19.5 Å². The summed E-state index contributed by atoms with van der Waals surface area (Å²) in [5.41, 5.74) is 0.880. The zero-order chi connectivity index (χ0) is 11.5. The van der Waals surface area contributed by atoms with Gasteiger partial charge >= 0.3 is 0 Å². The molecule has 0 aromatic carbocycles. The number of rotatable bonds is 3. The Bertz CT molecular complexity index is 483. The Hall–Kier alpha value is -1.95. The first kappa shape index (κ1) is 10.6.